The third kappa shape index (κ3) is 6.92. The molecule has 0 rings (SSSR count). The molecule has 2 N–H and O–H groups in total. The first-order valence-corrected chi connectivity index (χ1v) is 7.84. The molecular weight excluding hydrogens is 254 g/mol. The lowest BCUT2D eigenvalue weighted by Crippen LogP contribution is -2.39. The van der Waals surface area contributed by atoms with E-state index in [4.69, 9.17) is 0 Å². The molecule has 0 fully saturated rings. The van der Waals surface area contributed by atoms with Crippen LogP contribution in [-0.2, 0) is 9.59 Å². The largest absolute Gasteiger partial charge is 0.481 e. The number of rotatable bonds is 11. The van der Waals surface area contributed by atoms with Crippen LogP contribution in [0.25, 0.3) is 0 Å². The molecule has 118 valence electrons. The van der Waals surface area contributed by atoms with Crippen molar-refractivity contribution >= 4 is 11.9 Å². The molecule has 1 amide bonds. The van der Waals surface area contributed by atoms with Crippen LogP contribution in [0.3, 0.4) is 0 Å². The van der Waals surface area contributed by atoms with Crippen molar-refractivity contribution in [2.24, 2.45) is 11.3 Å². The molecule has 0 aromatic carbocycles. The zero-order valence-electron chi connectivity index (χ0n) is 13.5. The van der Waals surface area contributed by atoms with Crippen molar-refractivity contribution < 1.29 is 14.7 Å². The van der Waals surface area contributed by atoms with Gasteiger partial charge in [0.15, 0.2) is 0 Å². The topological polar surface area (TPSA) is 66.4 Å². The Hall–Kier alpha value is -1.06. The van der Waals surface area contributed by atoms with Crippen molar-refractivity contribution in [3.05, 3.63) is 0 Å². The van der Waals surface area contributed by atoms with Crippen molar-refractivity contribution in [3.8, 4) is 0 Å². The maximum Gasteiger partial charge on any atom is 0.310 e. The van der Waals surface area contributed by atoms with Gasteiger partial charge in [0.05, 0.1) is 5.41 Å². The molecule has 0 aromatic rings. The molecule has 0 saturated carbocycles. The number of carboxylic acids is 1. The third-order valence-electron chi connectivity index (χ3n) is 4.14. The van der Waals surface area contributed by atoms with Crippen molar-refractivity contribution in [2.45, 2.75) is 72.6 Å². The summed E-state index contributed by atoms with van der Waals surface area (Å²) < 4.78 is 0. The predicted molar refractivity (Wildman–Crippen MR) is 81.6 cm³/mol. The van der Waals surface area contributed by atoms with E-state index in [9.17, 15) is 14.7 Å². The van der Waals surface area contributed by atoms with E-state index < -0.39 is 11.4 Å². The van der Waals surface area contributed by atoms with Crippen LogP contribution in [0.15, 0.2) is 0 Å². The molecule has 0 bridgehead atoms. The van der Waals surface area contributed by atoms with Gasteiger partial charge in [-0.2, -0.15) is 0 Å². The molecule has 0 aromatic heterocycles. The van der Waals surface area contributed by atoms with Gasteiger partial charge in [0.2, 0.25) is 5.91 Å². The van der Waals surface area contributed by atoms with E-state index in [-0.39, 0.29) is 18.2 Å². The Morgan fingerprint density at radius 1 is 1.10 bits per heavy atom. The molecule has 0 radical (unpaired) electrons. The second-order valence-electron chi connectivity index (χ2n) is 6.17. The van der Waals surface area contributed by atoms with Gasteiger partial charge in [-0.25, -0.2) is 0 Å². The molecule has 4 nitrogen and oxygen atoms in total. The molecule has 0 heterocycles. The molecule has 20 heavy (non-hydrogen) atoms. The summed E-state index contributed by atoms with van der Waals surface area (Å²) in [6.07, 6.45) is 7.13. The van der Waals surface area contributed by atoms with Crippen LogP contribution in [0.1, 0.15) is 72.6 Å². The van der Waals surface area contributed by atoms with E-state index in [1.807, 2.05) is 13.8 Å². The van der Waals surface area contributed by atoms with Gasteiger partial charge in [0.1, 0.15) is 0 Å². The lowest BCUT2D eigenvalue weighted by atomic mass is 9.76. The van der Waals surface area contributed by atoms with Gasteiger partial charge in [0, 0.05) is 13.0 Å². The second kappa shape index (κ2) is 9.78. The highest BCUT2D eigenvalue weighted by molar-refractivity contribution is 5.84. The van der Waals surface area contributed by atoms with Crippen LogP contribution in [0.5, 0.6) is 0 Å². The van der Waals surface area contributed by atoms with Crippen molar-refractivity contribution in [3.63, 3.8) is 0 Å². The molecule has 1 unspecified atom stereocenters. The Kier molecular flexibility index (Phi) is 9.26. The van der Waals surface area contributed by atoms with E-state index in [2.05, 4.69) is 12.2 Å². The minimum atomic E-state index is -0.981. The predicted octanol–water partition coefficient (Wildman–Crippen LogP) is 3.60. The van der Waals surface area contributed by atoms with E-state index in [1.165, 1.54) is 25.7 Å². The molecule has 4 heteroatoms. The van der Waals surface area contributed by atoms with Gasteiger partial charge in [-0.15, -0.1) is 0 Å². The minimum absolute atomic E-state index is 0.0514. The summed E-state index contributed by atoms with van der Waals surface area (Å²) in [6, 6.07) is 0. The van der Waals surface area contributed by atoms with E-state index >= 15 is 0 Å². The molecular formula is C16H31NO3. The van der Waals surface area contributed by atoms with Crippen LogP contribution < -0.4 is 5.32 Å². The second-order valence-corrected chi connectivity index (χ2v) is 6.17. The highest BCUT2D eigenvalue weighted by Crippen LogP contribution is 2.31. The maximum atomic E-state index is 11.8. The maximum absolute atomic E-state index is 11.8. The van der Waals surface area contributed by atoms with Gasteiger partial charge in [-0.1, -0.05) is 52.9 Å². The normalized spacial score (nSPS) is 14.1. The van der Waals surface area contributed by atoms with Gasteiger partial charge in [-0.3, -0.25) is 9.59 Å². The van der Waals surface area contributed by atoms with Gasteiger partial charge in [0.25, 0.3) is 0 Å². The molecule has 1 atom stereocenters. The van der Waals surface area contributed by atoms with E-state index in [0.717, 1.165) is 12.8 Å². The number of carboxylic acid groups (broad SMARTS) is 1. The van der Waals surface area contributed by atoms with E-state index in [0.29, 0.717) is 6.54 Å². The molecule has 0 aliphatic rings. The Morgan fingerprint density at radius 3 is 2.15 bits per heavy atom. The Bertz CT molecular complexity index is 302. The van der Waals surface area contributed by atoms with Crippen LogP contribution in [-0.4, -0.2) is 23.5 Å². The number of unbranched alkanes of at least 4 members (excludes halogenated alkanes) is 5. The van der Waals surface area contributed by atoms with Crippen LogP contribution >= 0.6 is 0 Å². The summed E-state index contributed by atoms with van der Waals surface area (Å²) in [6.45, 7) is 8.17. The number of carbonyl (C=O) groups is 2. The zero-order chi connectivity index (χ0) is 15.6. The smallest absolute Gasteiger partial charge is 0.310 e. The van der Waals surface area contributed by atoms with Gasteiger partial charge in [-0.05, 0) is 19.3 Å². The Morgan fingerprint density at radius 2 is 1.65 bits per heavy atom. The lowest BCUT2D eigenvalue weighted by Gasteiger charge is -2.28. The zero-order valence-corrected chi connectivity index (χ0v) is 13.5. The standard InChI is InChI=1S/C16H31NO3/c1-5-6-7-8-9-10-11-17-14(18)12-16(4,13(2)3)15(19)20/h13H,5-12H2,1-4H3,(H,17,18)(H,19,20). The average Bonchev–Trinajstić information content (AvgIpc) is 2.37. The molecule has 0 aliphatic heterocycles. The average molecular weight is 285 g/mol. The SMILES string of the molecule is CCCCCCCCNC(=O)CC(C)(C(=O)O)C(C)C. The highest BCUT2D eigenvalue weighted by atomic mass is 16.4. The molecule has 0 aliphatic carbocycles. The van der Waals surface area contributed by atoms with Crippen LogP contribution in [0.2, 0.25) is 0 Å². The molecule has 0 spiro atoms. The van der Waals surface area contributed by atoms with Crippen LogP contribution in [0, 0.1) is 11.3 Å². The lowest BCUT2D eigenvalue weighted by molar-refractivity contribution is -0.153. The number of hydrogen-bond acceptors (Lipinski definition) is 2. The summed E-state index contributed by atoms with van der Waals surface area (Å²) in [5.41, 5.74) is -0.981. The Labute approximate surface area is 123 Å². The first-order chi connectivity index (χ1) is 9.34. The first-order valence-electron chi connectivity index (χ1n) is 7.84. The fraction of sp³-hybridized carbons (Fsp3) is 0.875. The van der Waals surface area contributed by atoms with Crippen molar-refractivity contribution in [1.29, 1.82) is 0 Å². The summed E-state index contributed by atoms with van der Waals surface area (Å²) >= 11 is 0. The summed E-state index contributed by atoms with van der Waals surface area (Å²) in [4.78, 5) is 23.1. The van der Waals surface area contributed by atoms with Gasteiger partial charge < -0.3 is 10.4 Å². The summed E-state index contributed by atoms with van der Waals surface area (Å²) in [5, 5.41) is 12.1. The number of aliphatic carboxylic acids is 1. The monoisotopic (exact) mass is 285 g/mol. The molecule has 0 saturated heterocycles. The number of carbonyl (C=O) groups excluding carboxylic acids is 1. The summed E-state index contributed by atoms with van der Waals surface area (Å²) in [7, 11) is 0. The highest BCUT2D eigenvalue weighted by Gasteiger charge is 2.38. The number of amides is 1. The number of hydrogen-bond donors (Lipinski definition) is 2. The quantitative estimate of drug-likeness (QED) is 0.570. The van der Waals surface area contributed by atoms with E-state index in [1.54, 1.807) is 6.92 Å². The van der Waals surface area contributed by atoms with Crippen molar-refractivity contribution in [2.75, 3.05) is 6.54 Å². The first kappa shape index (κ1) is 18.9. The van der Waals surface area contributed by atoms with Gasteiger partial charge >= 0.3 is 5.97 Å². The fourth-order valence-corrected chi connectivity index (χ4v) is 2.06. The third-order valence-corrected chi connectivity index (χ3v) is 4.14. The van der Waals surface area contributed by atoms with Crippen LogP contribution in [0.4, 0.5) is 0 Å². The minimum Gasteiger partial charge on any atom is -0.481 e. The summed E-state index contributed by atoms with van der Waals surface area (Å²) in [5.74, 6) is -1.13. The Balaban J connectivity index is 3.90. The van der Waals surface area contributed by atoms with Crippen molar-refractivity contribution in [1.82, 2.24) is 5.32 Å². The fourth-order valence-electron chi connectivity index (χ4n) is 2.06. The number of nitrogens with one attached hydrogen (secondary N) is 1.